The summed E-state index contributed by atoms with van der Waals surface area (Å²) in [5.41, 5.74) is 1.16. The van der Waals surface area contributed by atoms with Crippen molar-refractivity contribution in [1.29, 1.82) is 0 Å². The minimum Gasteiger partial charge on any atom is -0.496 e. The normalized spacial score (nSPS) is 11.6. The van der Waals surface area contributed by atoms with Gasteiger partial charge in [-0.25, -0.2) is 0 Å². The third-order valence-electron chi connectivity index (χ3n) is 3.13. The summed E-state index contributed by atoms with van der Waals surface area (Å²) in [6.07, 6.45) is 2.12. The molecule has 4 nitrogen and oxygen atoms in total. The number of methoxy groups -OCH3 is 1. The zero-order valence-electron chi connectivity index (χ0n) is 13.7. The lowest BCUT2D eigenvalue weighted by Crippen LogP contribution is -2.42. The van der Waals surface area contributed by atoms with Crippen molar-refractivity contribution in [2.24, 2.45) is 4.99 Å². The second kappa shape index (κ2) is 10.6. The lowest BCUT2D eigenvalue weighted by Gasteiger charge is -2.23. The molecule has 1 aromatic carbocycles. The van der Waals surface area contributed by atoms with Gasteiger partial charge < -0.3 is 15.4 Å². The molecular formula is C15H25BrIN3OS. The number of hydrogen-bond acceptors (Lipinski definition) is 3. The van der Waals surface area contributed by atoms with E-state index in [1.807, 2.05) is 30.0 Å². The highest BCUT2D eigenvalue weighted by Crippen LogP contribution is 2.25. The molecule has 7 heteroatoms. The number of rotatable bonds is 6. The van der Waals surface area contributed by atoms with Gasteiger partial charge in [0.1, 0.15) is 5.75 Å². The molecule has 0 radical (unpaired) electrons. The molecule has 0 amide bonds. The number of thioether (sulfide) groups is 1. The Bertz CT molecular complexity index is 498. The van der Waals surface area contributed by atoms with E-state index in [4.69, 9.17) is 4.74 Å². The molecule has 0 saturated carbocycles. The summed E-state index contributed by atoms with van der Waals surface area (Å²) >= 11 is 5.33. The van der Waals surface area contributed by atoms with E-state index in [0.29, 0.717) is 6.54 Å². The van der Waals surface area contributed by atoms with Crippen LogP contribution in [-0.2, 0) is 6.54 Å². The third-order valence-corrected chi connectivity index (χ3v) is 5.00. The molecule has 2 N–H and O–H groups in total. The van der Waals surface area contributed by atoms with Crippen molar-refractivity contribution >= 4 is 57.6 Å². The van der Waals surface area contributed by atoms with Gasteiger partial charge in [-0.2, -0.15) is 11.8 Å². The fraction of sp³-hybridized carbons (Fsp3) is 0.533. The predicted octanol–water partition coefficient (Wildman–Crippen LogP) is 3.88. The number of benzene rings is 1. The largest absolute Gasteiger partial charge is 0.496 e. The van der Waals surface area contributed by atoms with Gasteiger partial charge in [0.05, 0.1) is 11.6 Å². The molecule has 22 heavy (non-hydrogen) atoms. The number of aliphatic imine (C=N–C) groups is 1. The van der Waals surface area contributed by atoms with Crippen LogP contribution in [0.3, 0.4) is 0 Å². The van der Waals surface area contributed by atoms with Gasteiger partial charge in [-0.05, 0) is 53.7 Å². The van der Waals surface area contributed by atoms with Crippen LogP contribution in [0.5, 0.6) is 5.75 Å². The first-order chi connectivity index (χ1) is 9.91. The molecule has 126 valence electrons. The predicted molar refractivity (Wildman–Crippen MR) is 112 cm³/mol. The Morgan fingerprint density at radius 1 is 1.36 bits per heavy atom. The standard InChI is InChI=1S/C15H24BrN3OS.HI/c1-15(2,21-5)10-19-14(17-3)18-9-11-6-7-13(20-4)12(16)8-11;/h6-8H,9-10H2,1-5H3,(H2,17,18,19);1H. The summed E-state index contributed by atoms with van der Waals surface area (Å²) in [5, 5.41) is 6.66. The lowest BCUT2D eigenvalue weighted by molar-refractivity contribution is 0.412. The Balaban J connectivity index is 0.00000441. The second-order valence-electron chi connectivity index (χ2n) is 5.21. The average molecular weight is 502 g/mol. The highest BCUT2D eigenvalue weighted by atomic mass is 127. The Kier molecular flexibility index (Phi) is 10.5. The summed E-state index contributed by atoms with van der Waals surface area (Å²) in [6, 6.07) is 6.04. The molecule has 0 fully saturated rings. The van der Waals surface area contributed by atoms with Gasteiger partial charge in [0.25, 0.3) is 0 Å². The zero-order chi connectivity index (χ0) is 15.9. The number of halogens is 2. The number of ether oxygens (including phenoxy) is 1. The van der Waals surface area contributed by atoms with Crippen molar-refractivity contribution in [3.05, 3.63) is 28.2 Å². The summed E-state index contributed by atoms with van der Waals surface area (Å²) in [4.78, 5) is 4.25. The van der Waals surface area contributed by atoms with Gasteiger partial charge in [-0.3, -0.25) is 4.99 Å². The minimum atomic E-state index is 0. The average Bonchev–Trinajstić information content (AvgIpc) is 2.47. The van der Waals surface area contributed by atoms with Gasteiger partial charge in [0, 0.05) is 24.9 Å². The topological polar surface area (TPSA) is 45.7 Å². The fourth-order valence-electron chi connectivity index (χ4n) is 1.59. The maximum absolute atomic E-state index is 5.23. The minimum absolute atomic E-state index is 0. The van der Waals surface area contributed by atoms with Crippen molar-refractivity contribution in [1.82, 2.24) is 10.6 Å². The summed E-state index contributed by atoms with van der Waals surface area (Å²) in [6.45, 7) is 5.99. The molecule has 0 bridgehead atoms. The van der Waals surface area contributed by atoms with Crippen molar-refractivity contribution < 1.29 is 4.74 Å². The van der Waals surface area contributed by atoms with E-state index < -0.39 is 0 Å². The monoisotopic (exact) mass is 501 g/mol. The quantitative estimate of drug-likeness (QED) is 0.352. The van der Waals surface area contributed by atoms with Crippen LogP contribution >= 0.6 is 51.7 Å². The van der Waals surface area contributed by atoms with Gasteiger partial charge in [-0.15, -0.1) is 24.0 Å². The maximum Gasteiger partial charge on any atom is 0.191 e. The molecule has 0 aliphatic rings. The van der Waals surface area contributed by atoms with Crippen molar-refractivity contribution in [3.63, 3.8) is 0 Å². The van der Waals surface area contributed by atoms with Gasteiger partial charge in [0.15, 0.2) is 5.96 Å². The third kappa shape index (κ3) is 7.41. The highest BCUT2D eigenvalue weighted by Gasteiger charge is 2.16. The van der Waals surface area contributed by atoms with Crippen molar-refractivity contribution in [2.45, 2.75) is 25.1 Å². The lowest BCUT2D eigenvalue weighted by atomic mass is 10.2. The Morgan fingerprint density at radius 2 is 2.05 bits per heavy atom. The first-order valence-electron chi connectivity index (χ1n) is 6.74. The van der Waals surface area contributed by atoms with Gasteiger partial charge in [0.2, 0.25) is 0 Å². The Hall–Kier alpha value is -0.150. The van der Waals surface area contributed by atoms with E-state index in [1.165, 1.54) is 0 Å². The number of nitrogens with zero attached hydrogens (tertiary/aromatic N) is 1. The van der Waals surface area contributed by atoms with E-state index in [9.17, 15) is 0 Å². The molecule has 0 atom stereocenters. The van der Waals surface area contributed by atoms with Crippen LogP contribution < -0.4 is 15.4 Å². The maximum atomic E-state index is 5.23. The highest BCUT2D eigenvalue weighted by molar-refractivity contribution is 14.0. The molecule has 0 heterocycles. The fourth-order valence-corrected chi connectivity index (χ4v) is 2.40. The molecule has 0 unspecified atom stereocenters. The number of hydrogen-bond donors (Lipinski definition) is 2. The summed E-state index contributed by atoms with van der Waals surface area (Å²) < 4.78 is 6.37. The Morgan fingerprint density at radius 3 is 2.55 bits per heavy atom. The van der Waals surface area contributed by atoms with Gasteiger partial charge >= 0.3 is 0 Å². The Labute approximate surface area is 163 Å². The molecule has 0 saturated heterocycles. The molecule has 0 spiro atoms. The zero-order valence-corrected chi connectivity index (χ0v) is 18.4. The summed E-state index contributed by atoms with van der Waals surface area (Å²) in [7, 11) is 3.45. The molecule has 0 aliphatic heterocycles. The first kappa shape index (κ1) is 21.9. The van der Waals surface area contributed by atoms with Crippen LogP contribution in [0.15, 0.2) is 27.7 Å². The number of nitrogens with one attached hydrogen (secondary N) is 2. The molecule has 1 rings (SSSR count). The van der Waals surface area contributed by atoms with Crippen LogP contribution in [0.1, 0.15) is 19.4 Å². The molecule has 0 aromatic heterocycles. The van der Waals surface area contributed by atoms with Crippen LogP contribution in [0.4, 0.5) is 0 Å². The van der Waals surface area contributed by atoms with E-state index in [-0.39, 0.29) is 28.7 Å². The number of guanidine groups is 1. The van der Waals surface area contributed by atoms with Crippen LogP contribution in [0.2, 0.25) is 0 Å². The van der Waals surface area contributed by atoms with Crippen LogP contribution in [0.25, 0.3) is 0 Å². The SMILES string of the molecule is CN=C(NCc1ccc(OC)c(Br)c1)NCC(C)(C)SC.I. The molecule has 1 aromatic rings. The smallest absolute Gasteiger partial charge is 0.191 e. The second-order valence-corrected chi connectivity index (χ2v) is 7.58. The molecular weight excluding hydrogens is 477 g/mol. The van der Waals surface area contributed by atoms with Crippen LogP contribution in [0, 0.1) is 0 Å². The van der Waals surface area contributed by atoms with Crippen molar-refractivity contribution in [3.8, 4) is 5.75 Å². The van der Waals surface area contributed by atoms with E-state index in [1.54, 1.807) is 14.2 Å². The summed E-state index contributed by atoms with van der Waals surface area (Å²) in [5.74, 6) is 1.65. The van der Waals surface area contributed by atoms with E-state index in [0.717, 1.165) is 28.3 Å². The first-order valence-corrected chi connectivity index (χ1v) is 8.75. The van der Waals surface area contributed by atoms with Gasteiger partial charge in [-0.1, -0.05) is 6.07 Å². The van der Waals surface area contributed by atoms with E-state index in [2.05, 4.69) is 51.7 Å². The van der Waals surface area contributed by atoms with E-state index >= 15 is 0 Å². The van der Waals surface area contributed by atoms with Crippen molar-refractivity contribution in [2.75, 3.05) is 27.0 Å². The van der Waals surface area contributed by atoms with Crippen LogP contribution in [-0.4, -0.2) is 37.7 Å². The molecule has 0 aliphatic carbocycles.